The van der Waals surface area contributed by atoms with Gasteiger partial charge < -0.3 is 14.6 Å². The predicted molar refractivity (Wildman–Crippen MR) is 142 cm³/mol. The van der Waals surface area contributed by atoms with Crippen LogP contribution in [-0.4, -0.2) is 21.9 Å². The van der Waals surface area contributed by atoms with Crippen LogP contribution in [0.25, 0.3) is 17.0 Å². The molecule has 35 heavy (non-hydrogen) atoms. The molecule has 6 nitrogen and oxygen atoms in total. The smallest absolute Gasteiger partial charge is 0.258 e. The van der Waals surface area contributed by atoms with Gasteiger partial charge in [0.1, 0.15) is 5.75 Å². The second-order valence-electron chi connectivity index (χ2n) is 8.35. The Labute approximate surface area is 210 Å². The first-order valence-corrected chi connectivity index (χ1v) is 12.0. The number of hydrogen-bond acceptors (Lipinski definition) is 5. The molecule has 2 heterocycles. The second-order valence-corrected chi connectivity index (χ2v) is 8.73. The van der Waals surface area contributed by atoms with E-state index in [4.69, 9.17) is 26.5 Å². The largest absolute Gasteiger partial charge is 0.494 e. The minimum atomic E-state index is -0.224. The van der Waals surface area contributed by atoms with E-state index in [9.17, 15) is 0 Å². The Balaban J connectivity index is 1.60. The summed E-state index contributed by atoms with van der Waals surface area (Å²) in [6.45, 7) is 6.69. The normalized spacial score (nSPS) is 15.8. The first-order chi connectivity index (χ1) is 17.0. The van der Waals surface area contributed by atoms with Crippen molar-refractivity contribution in [2.24, 2.45) is 0 Å². The van der Waals surface area contributed by atoms with Gasteiger partial charge in [0, 0.05) is 16.9 Å². The fourth-order valence-corrected chi connectivity index (χ4v) is 4.67. The highest BCUT2D eigenvalue weighted by atomic mass is 32.1. The van der Waals surface area contributed by atoms with Gasteiger partial charge in [0.25, 0.3) is 5.89 Å². The molecule has 0 bridgehead atoms. The Morgan fingerprint density at radius 1 is 1.00 bits per heavy atom. The molecule has 1 unspecified atom stereocenters. The molecule has 0 radical (unpaired) electrons. The molecular formula is C28H26N4O2S. The van der Waals surface area contributed by atoms with Gasteiger partial charge in [0.15, 0.2) is 5.11 Å². The van der Waals surface area contributed by atoms with E-state index in [1.165, 1.54) is 0 Å². The average Bonchev–Trinajstić information content (AvgIpc) is 3.35. The summed E-state index contributed by atoms with van der Waals surface area (Å²) in [5.74, 6) is 1.78. The summed E-state index contributed by atoms with van der Waals surface area (Å²) in [6.07, 6.45) is 0. The zero-order chi connectivity index (χ0) is 24.4. The van der Waals surface area contributed by atoms with Crippen molar-refractivity contribution in [2.75, 3.05) is 11.5 Å². The monoisotopic (exact) mass is 482 g/mol. The SMILES string of the molecule is CCOc1ccc(-c2noc(C3=C(C)N(c4cccc(C)c4)C(=S)NC3c3ccccc3)n2)cc1. The Bertz CT molecular complexity index is 1380. The topological polar surface area (TPSA) is 63.4 Å². The third kappa shape index (κ3) is 4.55. The van der Waals surface area contributed by atoms with E-state index in [-0.39, 0.29) is 6.04 Å². The number of nitrogens with one attached hydrogen (secondary N) is 1. The molecule has 0 saturated heterocycles. The van der Waals surface area contributed by atoms with Crippen LogP contribution in [0, 0.1) is 6.92 Å². The van der Waals surface area contributed by atoms with E-state index in [1.54, 1.807) is 0 Å². The van der Waals surface area contributed by atoms with Gasteiger partial charge in [-0.2, -0.15) is 4.98 Å². The number of hydrogen-bond donors (Lipinski definition) is 1. The minimum Gasteiger partial charge on any atom is -0.494 e. The van der Waals surface area contributed by atoms with Gasteiger partial charge in [0.2, 0.25) is 5.82 Å². The van der Waals surface area contributed by atoms with Crippen LogP contribution in [0.3, 0.4) is 0 Å². The number of aromatic nitrogens is 2. The van der Waals surface area contributed by atoms with Crippen LogP contribution in [0.15, 0.2) is 89.1 Å². The highest BCUT2D eigenvalue weighted by molar-refractivity contribution is 7.80. The van der Waals surface area contributed by atoms with Crippen LogP contribution >= 0.6 is 12.2 Å². The lowest BCUT2D eigenvalue weighted by atomic mass is 9.94. The highest BCUT2D eigenvalue weighted by Gasteiger charge is 2.34. The van der Waals surface area contributed by atoms with E-state index < -0.39 is 0 Å². The Kier molecular flexibility index (Phi) is 6.33. The molecule has 4 aromatic rings. The van der Waals surface area contributed by atoms with Gasteiger partial charge in [-0.1, -0.05) is 47.6 Å². The summed E-state index contributed by atoms with van der Waals surface area (Å²) in [6, 6.07) is 25.9. The number of thiocarbonyl (C=S) groups is 1. The van der Waals surface area contributed by atoms with Gasteiger partial charge in [-0.25, -0.2) is 0 Å². The lowest BCUT2D eigenvalue weighted by Gasteiger charge is -2.37. The summed E-state index contributed by atoms with van der Waals surface area (Å²) in [7, 11) is 0. The fourth-order valence-electron chi connectivity index (χ4n) is 4.31. The number of aryl methyl sites for hydroxylation is 1. The maximum atomic E-state index is 5.84. The molecule has 1 N–H and O–H groups in total. The van der Waals surface area contributed by atoms with Crippen LogP contribution in [0.5, 0.6) is 5.75 Å². The summed E-state index contributed by atoms with van der Waals surface area (Å²) >= 11 is 5.83. The molecule has 0 fully saturated rings. The van der Waals surface area contributed by atoms with E-state index >= 15 is 0 Å². The van der Waals surface area contributed by atoms with Gasteiger partial charge in [-0.05, 0) is 80.5 Å². The molecule has 7 heteroatoms. The molecule has 1 atom stereocenters. The minimum absolute atomic E-state index is 0.224. The quantitative estimate of drug-likeness (QED) is 0.323. The maximum absolute atomic E-state index is 5.84. The number of rotatable bonds is 6. The highest BCUT2D eigenvalue weighted by Crippen LogP contribution is 2.39. The molecule has 1 aliphatic rings. The zero-order valence-corrected chi connectivity index (χ0v) is 20.7. The molecule has 1 aromatic heterocycles. The van der Waals surface area contributed by atoms with Crippen LogP contribution in [0.2, 0.25) is 0 Å². The van der Waals surface area contributed by atoms with Crippen molar-refractivity contribution >= 4 is 28.6 Å². The molecule has 0 spiro atoms. The van der Waals surface area contributed by atoms with E-state index in [1.807, 2.05) is 73.3 Å². The number of anilines is 1. The Hall–Kier alpha value is -3.97. The van der Waals surface area contributed by atoms with Gasteiger partial charge in [-0.15, -0.1) is 0 Å². The summed E-state index contributed by atoms with van der Waals surface area (Å²) < 4.78 is 11.4. The van der Waals surface area contributed by atoms with Gasteiger partial charge >= 0.3 is 0 Å². The third-order valence-electron chi connectivity index (χ3n) is 5.96. The Morgan fingerprint density at radius 2 is 1.77 bits per heavy atom. The van der Waals surface area contributed by atoms with Crippen LogP contribution in [-0.2, 0) is 0 Å². The molecule has 0 amide bonds. The summed E-state index contributed by atoms with van der Waals surface area (Å²) in [5, 5.41) is 8.42. The number of ether oxygens (including phenoxy) is 1. The van der Waals surface area contributed by atoms with Crippen molar-refractivity contribution in [2.45, 2.75) is 26.8 Å². The van der Waals surface area contributed by atoms with Crippen molar-refractivity contribution in [1.82, 2.24) is 15.5 Å². The number of benzene rings is 3. The molecule has 1 aliphatic heterocycles. The maximum Gasteiger partial charge on any atom is 0.258 e. The second kappa shape index (κ2) is 9.72. The molecule has 3 aromatic carbocycles. The predicted octanol–water partition coefficient (Wildman–Crippen LogP) is 6.31. The summed E-state index contributed by atoms with van der Waals surface area (Å²) in [4.78, 5) is 6.82. The summed E-state index contributed by atoms with van der Waals surface area (Å²) in [5.41, 5.74) is 5.88. The first-order valence-electron chi connectivity index (χ1n) is 11.6. The fraction of sp³-hybridized carbons (Fsp3) is 0.179. The number of nitrogens with zero attached hydrogens (tertiary/aromatic N) is 3. The zero-order valence-electron chi connectivity index (χ0n) is 19.9. The van der Waals surface area contributed by atoms with E-state index in [0.29, 0.717) is 23.4 Å². The van der Waals surface area contributed by atoms with Crippen LogP contribution in [0.4, 0.5) is 5.69 Å². The standard InChI is InChI=1S/C28H26N4O2S/c1-4-33-23-15-13-21(14-16-23)26-30-27(34-31-26)24-19(3)32(22-12-8-9-18(2)17-22)28(35)29-25(24)20-10-6-5-7-11-20/h5-17,25H,4H2,1-3H3,(H,29,35). The molecule has 0 saturated carbocycles. The van der Waals surface area contributed by atoms with Crippen LogP contribution in [0.1, 0.15) is 36.9 Å². The Morgan fingerprint density at radius 3 is 2.49 bits per heavy atom. The molecular weight excluding hydrogens is 456 g/mol. The lowest BCUT2D eigenvalue weighted by molar-refractivity contribution is 0.340. The van der Waals surface area contributed by atoms with Crippen molar-refractivity contribution < 1.29 is 9.26 Å². The van der Waals surface area contributed by atoms with Crippen molar-refractivity contribution in [3.63, 3.8) is 0 Å². The molecule has 5 rings (SSSR count). The van der Waals surface area contributed by atoms with Gasteiger partial charge in [0.05, 0.1) is 18.2 Å². The number of allylic oxidation sites excluding steroid dienone is 1. The van der Waals surface area contributed by atoms with Crippen LogP contribution < -0.4 is 15.0 Å². The van der Waals surface area contributed by atoms with Gasteiger partial charge in [-0.3, -0.25) is 4.90 Å². The third-order valence-corrected chi connectivity index (χ3v) is 6.26. The average molecular weight is 483 g/mol. The molecule has 0 aliphatic carbocycles. The van der Waals surface area contributed by atoms with E-state index in [0.717, 1.165) is 39.4 Å². The van der Waals surface area contributed by atoms with Crippen molar-refractivity contribution in [1.29, 1.82) is 0 Å². The van der Waals surface area contributed by atoms with Crippen molar-refractivity contribution in [3.8, 4) is 17.1 Å². The van der Waals surface area contributed by atoms with E-state index in [2.05, 4.69) is 41.7 Å². The lowest BCUT2D eigenvalue weighted by Crippen LogP contribution is -2.46. The molecule has 176 valence electrons. The van der Waals surface area contributed by atoms with Crippen molar-refractivity contribution in [3.05, 3.63) is 102 Å². The first kappa shape index (κ1) is 22.8.